The molecular weight excluding hydrogens is 1860 g/mol. The second-order valence-electron chi connectivity index (χ2n) is 34.7. The molecule has 4 heterocycles. The summed E-state index contributed by atoms with van der Waals surface area (Å²) in [7, 11) is 3.02. The monoisotopic (exact) mass is 1980 g/mol. The van der Waals surface area contributed by atoms with Crippen LogP contribution in [-0.4, -0.2) is 177 Å². The number of ether oxygens (including phenoxy) is 17. The van der Waals surface area contributed by atoms with Crippen LogP contribution in [0.4, 0.5) is 4.39 Å². The number of hydrogen-bond acceptors (Lipinski definition) is 24. The van der Waals surface area contributed by atoms with Gasteiger partial charge in [-0.1, -0.05) is 363 Å². The van der Waals surface area contributed by atoms with Crippen molar-refractivity contribution in [2.45, 2.75) is 237 Å². The summed E-state index contributed by atoms with van der Waals surface area (Å²) in [5, 5.41) is 15.5. The third-order valence-corrected chi connectivity index (χ3v) is 26.6. The van der Waals surface area contributed by atoms with Crippen molar-refractivity contribution in [3.05, 3.63) is 420 Å². The number of thioether (sulfide) groups is 2. The van der Waals surface area contributed by atoms with Crippen LogP contribution >= 0.6 is 23.5 Å². The Morgan fingerprint density at radius 2 is 0.503 bits per heavy atom. The van der Waals surface area contributed by atoms with Crippen molar-refractivity contribution in [2.24, 2.45) is 0 Å². The van der Waals surface area contributed by atoms with E-state index < -0.39 is 133 Å². The van der Waals surface area contributed by atoms with E-state index in [1.807, 2.05) is 359 Å². The maximum absolute atomic E-state index is 15.0. The highest BCUT2D eigenvalue weighted by atomic mass is 32.2. The average molecular weight is 1980 g/mol. The Morgan fingerprint density at radius 1 is 0.273 bits per heavy atom. The molecule has 0 bridgehead atoms. The van der Waals surface area contributed by atoms with Gasteiger partial charge in [0.05, 0.1) is 104 Å². The first-order valence-electron chi connectivity index (χ1n) is 48.4. The largest absolute Gasteiger partial charge is 0.457 e. The normalized spacial score (nSPS) is 24.0. The second-order valence-corrected chi connectivity index (χ2v) is 37.1. The molecule has 0 radical (unpaired) electrons. The van der Waals surface area contributed by atoms with Crippen molar-refractivity contribution >= 4 is 47.3 Å². The molecule has 4 aliphatic rings. The smallest absolute Gasteiger partial charge is 0.306 e. The fraction of sp³-hybridized carbons (Fsp3) is 0.345. The molecule has 0 saturated carbocycles. The number of rotatable bonds is 46. The molecule has 20 atom stereocenters. The molecule has 16 rings (SSSR count). The molecule has 3 N–H and O–H groups in total. The van der Waals surface area contributed by atoms with Crippen LogP contribution in [0.3, 0.4) is 0 Å². The number of aliphatic hydroxyl groups excluding tert-OH is 1. The van der Waals surface area contributed by atoms with Gasteiger partial charge in [0, 0.05) is 36.7 Å². The van der Waals surface area contributed by atoms with Crippen molar-refractivity contribution in [1.29, 1.82) is 0 Å². The molecule has 0 aromatic heterocycles. The van der Waals surface area contributed by atoms with E-state index in [4.69, 9.17) is 80.5 Å². The Bertz CT molecular complexity index is 5600. The van der Waals surface area contributed by atoms with Crippen molar-refractivity contribution in [2.75, 3.05) is 27.3 Å². The van der Waals surface area contributed by atoms with Gasteiger partial charge >= 0.3 is 11.9 Å². The van der Waals surface area contributed by atoms with Crippen molar-refractivity contribution in [1.82, 2.24) is 10.6 Å². The van der Waals surface area contributed by atoms with Gasteiger partial charge < -0.3 is 96.3 Å². The lowest BCUT2D eigenvalue weighted by Gasteiger charge is -2.47. The summed E-state index contributed by atoms with van der Waals surface area (Å²) in [4.78, 5) is 51.5. The van der Waals surface area contributed by atoms with Gasteiger partial charge in [-0.2, -0.15) is 0 Å². The van der Waals surface area contributed by atoms with E-state index in [2.05, 4.69) is 22.8 Å². The minimum absolute atomic E-state index is 0.00744. The van der Waals surface area contributed by atoms with Gasteiger partial charge in [-0.15, -0.1) is 0 Å². The minimum atomic E-state index is -1.76. The summed E-state index contributed by atoms with van der Waals surface area (Å²) in [6, 6.07) is 119. The van der Waals surface area contributed by atoms with E-state index in [0.29, 0.717) is 33.0 Å². The zero-order chi connectivity index (χ0) is 99.4. The first-order valence-corrected chi connectivity index (χ1v) is 50.2. The molecule has 12 aromatic carbocycles. The number of esters is 2. The van der Waals surface area contributed by atoms with Crippen LogP contribution in [0.2, 0.25) is 0 Å². The van der Waals surface area contributed by atoms with Gasteiger partial charge in [0.1, 0.15) is 84.1 Å². The Hall–Kier alpha value is -11.5. The van der Waals surface area contributed by atoms with E-state index in [9.17, 15) is 28.7 Å². The predicted octanol–water partition coefficient (Wildman–Crippen LogP) is 19.2. The van der Waals surface area contributed by atoms with Crippen molar-refractivity contribution < 1.29 is 109 Å². The van der Waals surface area contributed by atoms with Crippen molar-refractivity contribution in [3.63, 3.8) is 0 Å². The number of halogens is 1. The lowest BCUT2D eigenvalue weighted by Crippen LogP contribution is -2.62. The van der Waals surface area contributed by atoms with Crippen LogP contribution in [0.5, 0.6) is 0 Å². The molecule has 2 amide bonds. The zero-order valence-electron chi connectivity index (χ0n) is 80.7. The molecule has 4 fully saturated rings. The van der Waals surface area contributed by atoms with Gasteiger partial charge in [-0.25, -0.2) is 4.39 Å². The van der Waals surface area contributed by atoms with E-state index in [1.54, 1.807) is 30.4 Å². The highest BCUT2D eigenvalue weighted by Crippen LogP contribution is 2.43. The predicted molar refractivity (Wildman–Crippen MR) is 541 cm³/mol. The van der Waals surface area contributed by atoms with Crippen molar-refractivity contribution in [3.8, 4) is 0 Å². The molecule has 24 nitrogen and oxygen atoms in total. The summed E-state index contributed by atoms with van der Waals surface area (Å²) in [5.41, 5.74) is 8.73. The van der Waals surface area contributed by atoms with Crippen LogP contribution in [0.15, 0.2) is 374 Å². The average Bonchev–Trinajstić information content (AvgIpc) is 0.525. The number of nitrogens with one attached hydrogen (secondary N) is 2. The highest BCUT2D eigenvalue weighted by Gasteiger charge is 2.54. The highest BCUT2D eigenvalue weighted by molar-refractivity contribution is 8.00. The molecule has 4 aliphatic heterocycles. The van der Waals surface area contributed by atoms with E-state index in [-0.39, 0.29) is 83.7 Å². The number of hydrogen-bond donors (Lipinski definition) is 3. The summed E-state index contributed by atoms with van der Waals surface area (Å²) >= 11 is 3.13. The lowest BCUT2D eigenvalue weighted by atomic mass is 9.97. The second kappa shape index (κ2) is 58.5. The van der Waals surface area contributed by atoms with Crippen LogP contribution in [0.1, 0.15) is 95.2 Å². The van der Waals surface area contributed by atoms with Gasteiger partial charge in [-0.3, -0.25) is 19.2 Å². The fourth-order valence-electron chi connectivity index (χ4n) is 16.7. The molecule has 27 heteroatoms. The van der Waals surface area contributed by atoms with Gasteiger partial charge in [0.25, 0.3) is 0 Å². The number of carbonyl (C=O) groups excluding carboxylic acids is 4. The fourth-order valence-corrected chi connectivity index (χ4v) is 19.0. The van der Waals surface area contributed by atoms with Crippen LogP contribution < -0.4 is 10.6 Å². The third kappa shape index (κ3) is 34.1. The summed E-state index contributed by atoms with van der Waals surface area (Å²) in [5.74, 6) is -1.70. The van der Waals surface area contributed by atoms with E-state index in [0.717, 1.165) is 65.4 Å². The number of aliphatic hydroxyl groups is 1. The Labute approximate surface area is 845 Å². The maximum atomic E-state index is 15.0. The molecule has 0 aliphatic carbocycles. The molecular formula is C116H127FN2O22S2. The quantitative estimate of drug-likeness (QED) is 0.0299. The summed E-state index contributed by atoms with van der Waals surface area (Å²) < 4.78 is 126. The molecule has 10 unspecified atom stereocenters. The number of amides is 2. The van der Waals surface area contributed by atoms with Crippen LogP contribution in [0, 0.1) is 0 Å². The molecule has 4 saturated heterocycles. The third-order valence-electron chi connectivity index (χ3n) is 24.3. The Balaban J connectivity index is 0.000000189. The summed E-state index contributed by atoms with van der Waals surface area (Å²) in [6.45, 7) is 5.96. The molecule has 12 aromatic rings. The van der Waals surface area contributed by atoms with Crippen LogP contribution in [-0.2, 0) is 166 Å². The summed E-state index contributed by atoms with van der Waals surface area (Å²) in [6.07, 6.45) is -14.9. The van der Waals surface area contributed by atoms with Gasteiger partial charge in [0.15, 0.2) is 18.5 Å². The number of benzene rings is 12. The zero-order valence-corrected chi connectivity index (χ0v) is 82.3. The minimum Gasteiger partial charge on any atom is -0.457 e. The van der Waals surface area contributed by atoms with E-state index >= 15 is 0 Å². The lowest BCUT2D eigenvalue weighted by molar-refractivity contribution is -0.326. The standard InChI is InChI=1S/C58H63NO11S.C33H34O5S.C25H30FNO6/c1-41-51(70-50(61)34-33-49(60)59-2)53(63-36-43-23-11-4-12-24-43)55(65-38-45-27-15-6-16-28-45)57(68-41)67-40-48-52(62-35-42-21-9-3-10-22-42)54(64-37-44-25-13-5-14-26-44)56(66-39-46-29-17-7-18-30-46)58(69-48)71-47-31-19-8-20-32-47;34-21-29-30(35-22-25-13-5-1-6-14-25)31(36-23-26-15-7-2-8-16-26)32(37-24-27-17-9-3-10-18-27)33(38-29)39-28-19-11-4-12-20-28;1-17-22(33-21(29)14-13-20(28)27-2)23(30-15-18-9-5-3-6-10-18)24(25(26)32-17)31-16-19-11-7-4-8-12-19/h3-32,41,48,51-58H,33-40H2,1-2H3,(H,59,60);1-20,29-34H,21-24H2;3-12,17,22-25H,13-16H2,1-2H3,(H,27,28)/t41?,48-,51+,52+,53-,54?,55?,56?,57?,58-;29?,30-,31+,32?,33-;17?,22-,23+,24?,25?/m001/s1. The topological polar surface area (TPSA) is 269 Å². The SMILES string of the molecule is CNC(=O)CCC(=O)O[C@@H]1C(C)OC(F)C(OCc2ccccc2)[C@H]1OCc1ccccc1.CNC(=O)CCC(=O)O[C@@H]1C(C)OC(OC[C@@H]2O[C@@H](Sc3ccccc3)C(OCc3ccccc3)C(OCc3ccccc3)[C@@H]2OCc2ccccc2)C(OCc2ccccc2)[C@H]1OCc1ccccc1.OCC1O[C@@H](Sc2ccccc2)C(OCc2ccccc2)[C@H](OCc2ccccc2)[C@H]1OCc1ccccc1. The maximum Gasteiger partial charge on any atom is 0.306 e. The first-order chi connectivity index (χ1) is 70.2. The van der Waals surface area contributed by atoms with Gasteiger partial charge in [0.2, 0.25) is 18.2 Å². The first kappa shape index (κ1) is 107. The number of alkyl halides is 1. The molecule has 143 heavy (non-hydrogen) atoms. The van der Waals surface area contributed by atoms with Crippen LogP contribution in [0.25, 0.3) is 0 Å². The Kier molecular flexibility index (Phi) is 43.8. The molecule has 752 valence electrons. The van der Waals surface area contributed by atoms with E-state index in [1.165, 1.54) is 14.1 Å². The molecule has 0 spiro atoms. The van der Waals surface area contributed by atoms with Gasteiger partial charge in [-0.05, 0) is 93.7 Å². The number of carbonyl (C=O) groups is 4. The Morgan fingerprint density at radius 3 is 0.790 bits per heavy atom.